The Balaban J connectivity index is 2.26. The van der Waals surface area contributed by atoms with Gasteiger partial charge in [0.2, 0.25) is 0 Å². The minimum Gasteiger partial charge on any atom is -0.463 e. The van der Waals surface area contributed by atoms with E-state index in [-0.39, 0.29) is 12.7 Å². The minimum absolute atomic E-state index is 0.234. The molecule has 2 aliphatic heterocycles. The highest BCUT2D eigenvalue weighted by molar-refractivity contribution is 6.10. The van der Waals surface area contributed by atoms with Gasteiger partial charge in [-0.25, -0.2) is 9.59 Å². The highest BCUT2D eigenvalue weighted by Gasteiger charge is 2.88. The van der Waals surface area contributed by atoms with E-state index in [1.807, 2.05) is 13.8 Å². The lowest BCUT2D eigenvalue weighted by Crippen LogP contribution is -2.39. The molecule has 0 N–H and O–H groups in total. The van der Waals surface area contributed by atoms with Crippen LogP contribution in [0.3, 0.4) is 0 Å². The number of hydrogen-bond acceptors (Lipinski definition) is 5. The molecule has 0 saturated carbocycles. The number of carbonyl (C=O) groups excluding carboxylic acids is 2. The molecule has 0 spiro atoms. The fourth-order valence-electron chi connectivity index (χ4n) is 2.91. The zero-order valence-corrected chi connectivity index (χ0v) is 11.2. The molecule has 3 atom stereocenters. The molecule has 0 bridgehead atoms. The fourth-order valence-corrected chi connectivity index (χ4v) is 2.91. The Bertz CT molecular complexity index is 366. The number of epoxide rings is 1. The highest BCUT2D eigenvalue weighted by atomic mass is 16.7. The van der Waals surface area contributed by atoms with E-state index in [0.29, 0.717) is 12.8 Å². The van der Waals surface area contributed by atoms with Gasteiger partial charge in [0.05, 0.1) is 6.61 Å². The second-order valence-electron chi connectivity index (χ2n) is 4.83. The summed E-state index contributed by atoms with van der Waals surface area (Å²) in [6.45, 7) is 5.96. The summed E-state index contributed by atoms with van der Waals surface area (Å²) in [4.78, 5) is 24.0. The van der Waals surface area contributed by atoms with Gasteiger partial charge < -0.3 is 14.2 Å². The molecule has 2 heterocycles. The molecular formula is C13H20O5. The molecule has 18 heavy (non-hydrogen) atoms. The zero-order valence-electron chi connectivity index (χ0n) is 11.2. The molecule has 2 rings (SSSR count). The van der Waals surface area contributed by atoms with Gasteiger partial charge in [-0.05, 0) is 19.8 Å². The molecule has 2 saturated heterocycles. The van der Waals surface area contributed by atoms with Gasteiger partial charge in [-0.3, -0.25) is 0 Å². The standard InChI is InChI=1S/C13H20O5/c1-4-7-9-12(8-5-2)13(18-12,11(15)17-9)10(14)16-6-3/h9H,4-8H2,1-3H3/t9-,12-,13+/m1/s1. The number of cyclic esters (lactones) is 1. The van der Waals surface area contributed by atoms with E-state index in [9.17, 15) is 9.59 Å². The number of esters is 2. The van der Waals surface area contributed by atoms with Crippen molar-refractivity contribution >= 4 is 11.9 Å². The predicted molar refractivity (Wildman–Crippen MR) is 62.9 cm³/mol. The van der Waals surface area contributed by atoms with Gasteiger partial charge in [0, 0.05) is 0 Å². The Morgan fingerprint density at radius 1 is 1.33 bits per heavy atom. The van der Waals surface area contributed by atoms with Gasteiger partial charge in [0.15, 0.2) is 5.60 Å². The van der Waals surface area contributed by atoms with Gasteiger partial charge in [-0.15, -0.1) is 0 Å². The van der Waals surface area contributed by atoms with Crippen molar-refractivity contribution in [3.8, 4) is 0 Å². The fraction of sp³-hybridized carbons (Fsp3) is 0.846. The monoisotopic (exact) mass is 256 g/mol. The molecule has 2 fully saturated rings. The van der Waals surface area contributed by atoms with Crippen molar-refractivity contribution in [1.29, 1.82) is 0 Å². The van der Waals surface area contributed by atoms with E-state index >= 15 is 0 Å². The van der Waals surface area contributed by atoms with Crippen LogP contribution in [0.5, 0.6) is 0 Å². The van der Waals surface area contributed by atoms with Crippen molar-refractivity contribution in [3.05, 3.63) is 0 Å². The van der Waals surface area contributed by atoms with Crippen LogP contribution in [0.2, 0.25) is 0 Å². The molecule has 2 aliphatic rings. The van der Waals surface area contributed by atoms with Crippen molar-refractivity contribution in [3.63, 3.8) is 0 Å². The van der Waals surface area contributed by atoms with Crippen LogP contribution in [-0.2, 0) is 23.8 Å². The minimum atomic E-state index is -1.47. The molecule has 5 nitrogen and oxygen atoms in total. The topological polar surface area (TPSA) is 65.1 Å². The number of rotatable bonds is 6. The van der Waals surface area contributed by atoms with Crippen molar-refractivity contribution in [1.82, 2.24) is 0 Å². The Kier molecular flexibility index (Phi) is 3.36. The third-order valence-corrected chi connectivity index (χ3v) is 3.68. The average Bonchev–Trinajstić information content (AvgIpc) is 2.95. The molecule has 102 valence electrons. The first-order valence-electron chi connectivity index (χ1n) is 6.67. The summed E-state index contributed by atoms with van der Waals surface area (Å²) in [5.41, 5.74) is -2.25. The SMILES string of the molecule is CCC[C@H]1OC(=O)[C@]2(C(=O)OCC)O[C@]12CCC. The van der Waals surface area contributed by atoms with Crippen molar-refractivity contribution in [2.24, 2.45) is 0 Å². The lowest BCUT2D eigenvalue weighted by molar-refractivity contribution is -0.166. The normalized spacial score (nSPS) is 37.1. The smallest absolute Gasteiger partial charge is 0.354 e. The van der Waals surface area contributed by atoms with Gasteiger partial charge >= 0.3 is 11.9 Å². The van der Waals surface area contributed by atoms with E-state index in [1.54, 1.807) is 6.92 Å². The maximum absolute atomic E-state index is 12.0. The molecule has 5 heteroatoms. The maximum atomic E-state index is 12.0. The first kappa shape index (κ1) is 13.3. The Labute approximate surface area is 107 Å². The molecule has 0 aromatic carbocycles. The summed E-state index contributed by atoms with van der Waals surface area (Å²) >= 11 is 0. The van der Waals surface area contributed by atoms with Gasteiger partial charge in [-0.1, -0.05) is 26.7 Å². The Morgan fingerprint density at radius 3 is 2.61 bits per heavy atom. The summed E-state index contributed by atoms with van der Waals surface area (Å²) in [5.74, 6) is -1.17. The summed E-state index contributed by atoms with van der Waals surface area (Å²) < 4.78 is 15.9. The van der Waals surface area contributed by atoms with E-state index in [1.165, 1.54) is 0 Å². The lowest BCUT2D eigenvalue weighted by Gasteiger charge is -2.17. The number of fused-ring (bicyclic) bond motifs is 1. The summed E-state index contributed by atoms with van der Waals surface area (Å²) in [7, 11) is 0. The molecule has 0 aromatic heterocycles. The largest absolute Gasteiger partial charge is 0.463 e. The zero-order chi connectivity index (χ0) is 13.4. The van der Waals surface area contributed by atoms with Crippen molar-refractivity contribution < 1.29 is 23.8 Å². The third kappa shape index (κ3) is 1.49. The van der Waals surface area contributed by atoms with Crippen LogP contribution in [-0.4, -0.2) is 35.9 Å². The summed E-state index contributed by atoms with van der Waals surface area (Å²) in [6, 6.07) is 0. The van der Waals surface area contributed by atoms with Crippen LogP contribution in [0, 0.1) is 0 Å². The average molecular weight is 256 g/mol. The summed E-state index contributed by atoms with van der Waals surface area (Å²) in [6.07, 6.45) is 2.75. The number of hydrogen-bond donors (Lipinski definition) is 0. The molecule has 0 amide bonds. The van der Waals surface area contributed by atoms with E-state index < -0.39 is 23.1 Å². The predicted octanol–water partition coefficient (Wildman–Crippen LogP) is 1.58. The Morgan fingerprint density at radius 2 is 2.06 bits per heavy atom. The van der Waals surface area contributed by atoms with Crippen LogP contribution in [0.1, 0.15) is 46.5 Å². The maximum Gasteiger partial charge on any atom is 0.354 e. The van der Waals surface area contributed by atoms with Crippen molar-refractivity contribution in [2.45, 2.75) is 63.8 Å². The van der Waals surface area contributed by atoms with Crippen LogP contribution < -0.4 is 0 Å². The lowest BCUT2D eigenvalue weighted by atomic mass is 9.85. The van der Waals surface area contributed by atoms with Crippen LogP contribution in [0.25, 0.3) is 0 Å². The van der Waals surface area contributed by atoms with Crippen LogP contribution in [0.15, 0.2) is 0 Å². The summed E-state index contributed by atoms with van der Waals surface area (Å²) in [5, 5.41) is 0. The molecular weight excluding hydrogens is 236 g/mol. The molecule has 0 aromatic rings. The van der Waals surface area contributed by atoms with Crippen LogP contribution >= 0.6 is 0 Å². The number of carbonyl (C=O) groups is 2. The highest BCUT2D eigenvalue weighted by Crippen LogP contribution is 2.61. The molecule has 0 radical (unpaired) electrons. The van der Waals surface area contributed by atoms with E-state index in [0.717, 1.165) is 12.8 Å². The third-order valence-electron chi connectivity index (χ3n) is 3.68. The molecule has 0 aliphatic carbocycles. The Hall–Kier alpha value is -1.10. The second-order valence-corrected chi connectivity index (χ2v) is 4.83. The number of ether oxygens (including phenoxy) is 3. The first-order valence-corrected chi connectivity index (χ1v) is 6.67. The second kappa shape index (κ2) is 4.53. The van der Waals surface area contributed by atoms with E-state index in [4.69, 9.17) is 14.2 Å². The first-order chi connectivity index (χ1) is 8.59. The quantitative estimate of drug-likeness (QED) is 0.410. The molecule has 0 unspecified atom stereocenters. The van der Waals surface area contributed by atoms with Gasteiger partial charge in [0.1, 0.15) is 6.10 Å². The van der Waals surface area contributed by atoms with Gasteiger partial charge in [-0.2, -0.15) is 0 Å². The van der Waals surface area contributed by atoms with Gasteiger partial charge in [0.25, 0.3) is 5.60 Å². The van der Waals surface area contributed by atoms with Crippen molar-refractivity contribution in [2.75, 3.05) is 6.61 Å². The van der Waals surface area contributed by atoms with Crippen LogP contribution in [0.4, 0.5) is 0 Å². The van der Waals surface area contributed by atoms with E-state index in [2.05, 4.69) is 0 Å².